The molecule has 0 amide bonds. The Labute approximate surface area is 124 Å². The zero-order chi connectivity index (χ0) is 14.7. The number of benzene rings is 1. The largest absolute Gasteiger partial charge is 0.373 e. The van der Waals surface area contributed by atoms with Crippen molar-refractivity contribution >= 4 is 23.2 Å². The zero-order valence-electron chi connectivity index (χ0n) is 12.2. The molecule has 1 unspecified atom stereocenters. The second kappa shape index (κ2) is 6.09. The highest BCUT2D eigenvalue weighted by molar-refractivity contribution is 6.30. The molecule has 1 N–H and O–H groups in total. The average molecular weight is 291 g/mol. The lowest BCUT2D eigenvalue weighted by Gasteiger charge is -2.28. The van der Waals surface area contributed by atoms with Crippen LogP contribution in [0.15, 0.2) is 30.6 Å². The zero-order valence-corrected chi connectivity index (χ0v) is 12.9. The standard InChI is InChI=1S/C15H19ClN4/c1-10-14(17-3)18-9-19-15(10)20(4)11(2)12-6-5-7-13(16)8-12/h5-9,11H,1-4H3,(H,17,18,19). The summed E-state index contributed by atoms with van der Waals surface area (Å²) in [4.78, 5) is 10.7. The summed E-state index contributed by atoms with van der Waals surface area (Å²) < 4.78 is 0. The predicted octanol–water partition coefficient (Wildman–Crippen LogP) is 3.68. The van der Waals surface area contributed by atoms with Crippen LogP contribution in [0.5, 0.6) is 0 Å². The number of hydrogen-bond acceptors (Lipinski definition) is 4. The lowest BCUT2D eigenvalue weighted by molar-refractivity contribution is 0.724. The quantitative estimate of drug-likeness (QED) is 0.933. The van der Waals surface area contributed by atoms with Gasteiger partial charge in [0.05, 0.1) is 6.04 Å². The lowest BCUT2D eigenvalue weighted by Crippen LogP contribution is -2.24. The summed E-state index contributed by atoms with van der Waals surface area (Å²) in [6, 6.07) is 8.08. The van der Waals surface area contributed by atoms with Crippen molar-refractivity contribution in [1.29, 1.82) is 0 Å². The Kier molecular flexibility index (Phi) is 4.45. The highest BCUT2D eigenvalue weighted by atomic mass is 35.5. The molecule has 1 heterocycles. The average Bonchev–Trinajstić information content (AvgIpc) is 2.46. The van der Waals surface area contributed by atoms with E-state index in [9.17, 15) is 0 Å². The van der Waals surface area contributed by atoms with Crippen molar-refractivity contribution in [2.24, 2.45) is 0 Å². The van der Waals surface area contributed by atoms with Crippen LogP contribution in [0.2, 0.25) is 5.02 Å². The first-order valence-corrected chi connectivity index (χ1v) is 6.90. The molecule has 0 saturated carbocycles. The number of rotatable bonds is 4. The Morgan fingerprint density at radius 3 is 2.70 bits per heavy atom. The third-order valence-electron chi connectivity index (χ3n) is 3.54. The molecule has 0 aliphatic carbocycles. The van der Waals surface area contributed by atoms with Crippen molar-refractivity contribution < 1.29 is 0 Å². The predicted molar refractivity (Wildman–Crippen MR) is 84.6 cm³/mol. The monoisotopic (exact) mass is 290 g/mol. The van der Waals surface area contributed by atoms with Gasteiger partial charge in [0.2, 0.25) is 0 Å². The molecule has 2 rings (SSSR count). The lowest BCUT2D eigenvalue weighted by atomic mass is 10.1. The molecule has 20 heavy (non-hydrogen) atoms. The first-order chi connectivity index (χ1) is 9.54. The molecule has 0 bridgehead atoms. The van der Waals surface area contributed by atoms with E-state index in [4.69, 9.17) is 11.6 Å². The van der Waals surface area contributed by atoms with E-state index in [0.717, 1.165) is 27.8 Å². The Morgan fingerprint density at radius 1 is 1.30 bits per heavy atom. The number of anilines is 2. The second-order valence-electron chi connectivity index (χ2n) is 4.76. The molecule has 1 atom stereocenters. The summed E-state index contributed by atoms with van der Waals surface area (Å²) in [6.45, 7) is 4.15. The third kappa shape index (κ3) is 2.85. The van der Waals surface area contributed by atoms with Gasteiger partial charge in [-0.1, -0.05) is 23.7 Å². The summed E-state index contributed by atoms with van der Waals surface area (Å²) in [5.41, 5.74) is 2.19. The van der Waals surface area contributed by atoms with Crippen LogP contribution < -0.4 is 10.2 Å². The van der Waals surface area contributed by atoms with Crippen molar-refractivity contribution in [1.82, 2.24) is 9.97 Å². The van der Waals surface area contributed by atoms with Crippen molar-refractivity contribution in [3.05, 3.63) is 46.7 Å². The van der Waals surface area contributed by atoms with Gasteiger partial charge in [-0.2, -0.15) is 0 Å². The molecular formula is C15H19ClN4. The minimum Gasteiger partial charge on any atom is -0.373 e. The topological polar surface area (TPSA) is 41.1 Å². The van der Waals surface area contributed by atoms with Gasteiger partial charge in [0, 0.05) is 24.7 Å². The molecule has 1 aromatic heterocycles. The van der Waals surface area contributed by atoms with Gasteiger partial charge in [-0.3, -0.25) is 0 Å². The van der Waals surface area contributed by atoms with Crippen LogP contribution in [0, 0.1) is 6.92 Å². The maximum absolute atomic E-state index is 6.06. The van der Waals surface area contributed by atoms with E-state index in [1.54, 1.807) is 6.33 Å². The highest BCUT2D eigenvalue weighted by Gasteiger charge is 2.17. The van der Waals surface area contributed by atoms with Crippen molar-refractivity contribution in [3.63, 3.8) is 0 Å². The van der Waals surface area contributed by atoms with E-state index in [1.807, 2.05) is 39.2 Å². The molecule has 0 radical (unpaired) electrons. The summed E-state index contributed by atoms with van der Waals surface area (Å²) >= 11 is 6.06. The van der Waals surface area contributed by atoms with Crippen LogP contribution in [0.3, 0.4) is 0 Å². The molecule has 0 fully saturated rings. The second-order valence-corrected chi connectivity index (χ2v) is 5.20. The van der Waals surface area contributed by atoms with Crippen molar-refractivity contribution in [2.75, 3.05) is 24.3 Å². The summed E-state index contributed by atoms with van der Waals surface area (Å²) in [7, 11) is 3.89. The van der Waals surface area contributed by atoms with Crippen LogP contribution in [0.4, 0.5) is 11.6 Å². The number of nitrogens with one attached hydrogen (secondary N) is 1. The number of hydrogen-bond donors (Lipinski definition) is 1. The normalized spacial score (nSPS) is 12.1. The van der Waals surface area contributed by atoms with Crippen LogP contribution in [-0.2, 0) is 0 Å². The van der Waals surface area contributed by atoms with E-state index in [-0.39, 0.29) is 6.04 Å². The van der Waals surface area contributed by atoms with E-state index >= 15 is 0 Å². The fourth-order valence-electron chi connectivity index (χ4n) is 2.22. The molecule has 0 aliphatic rings. The van der Waals surface area contributed by atoms with Gasteiger partial charge in [-0.25, -0.2) is 9.97 Å². The molecule has 5 heteroatoms. The van der Waals surface area contributed by atoms with Gasteiger partial charge < -0.3 is 10.2 Å². The maximum atomic E-state index is 6.06. The first-order valence-electron chi connectivity index (χ1n) is 6.52. The van der Waals surface area contributed by atoms with Gasteiger partial charge in [-0.05, 0) is 31.5 Å². The first kappa shape index (κ1) is 14.6. The Balaban J connectivity index is 2.33. The molecule has 0 spiro atoms. The summed E-state index contributed by atoms with van der Waals surface area (Å²) in [6.07, 6.45) is 1.58. The van der Waals surface area contributed by atoms with Gasteiger partial charge in [0.1, 0.15) is 18.0 Å². The smallest absolute Gasteiger partial charge is 0.137 e. The molecule has 0 aliphatic heterocycles. The number of nitrogens with zero attached hydrogens (tertiary/aromatic N) is 3. The van der Waals surface area contributed by atoms with Gasteiger partial charge >= 0.3 is 0 Å². The molecule has 4 nitrogen and oxygen atoms in total. The van der Waals surface area contributed by atoms with Gasteiger partial charge in [-0.15, -0.1) is 0 Å². The minimum absolute atomic E-state index is 0.173. The SMILES string of the molecule is CNc1ncnc(N(C)C(C)c2cccc(Cl)c2)c1C. The van der Waals surface area contributed by atoms with E-state index in [2.05, 4.69) is 33.2 Å². The van der Waals surface area contributed by atoms with Crippen LogP contribution >= 0.6 is 11.6 Å². The third-order valence-corrected chi connectivity index (χ3v) is 3.78. The van der Waals surface area contributed by atoms with Crippen LogP contribution in [0.25, 0.3) is 0 Å². The minimum atomic E-state index is 0.173. The van der Waals surface area contributed by atoms with Crippen molar-refractivity contribution in [2.45, 2.75) is 19.9 Å². The molecule has 1 aromatic carbocycles. The summed E-state index contributed by atoms with van der Waals surface area (Å²) in [5, 5.41) is 3.83. The Morgan fingerprint density at radius 2 is 2.05 bits per heavy atom. The maximum Gasteiger partial charge on any atom is 0.137 e. The summed E-state index contributed by atoms with van der Waals surface area (Å²) in [5.74, 6) is 1.76. The van der Waals surface area contributed by atoms with Gasteiger partial charge in [0.15, 0.2) is 0 Å². The Bertz CT molecular complexity index is 600. The highest BCUT2D eigenvalue weighted by Crippen LogP contribution is 2.29. The Hall–Kier alpha value is -1.81. The van der Waals surface area contributed by atoms with Crippen LogP contribution in [-0.4, -0.2) is 24.1 Å². The molecule has 0 saturated heterocycles. The molecule has 2 aromatic rings. The van der Waals surface area contributed by atoms with Crippen molar-refractivity contribution in [3.8, 4) is 0 Å². The van der Waals surface area contributed by atoms with E-state index in [1.165, 1.54) is 0 Å². The number of halogens is 1. The fourth-order valence-corrected chi connectivity index (χ4v) is 2.42. The molecule has 106 valence electrons. The van der Waals surface area contributed by atoms with E-state index < -0.39 is 0 Å². The molecular weight excluding hydrogens is 272 g/mol. The number of aromatic nitrogens is 2. The van der Waals surface area contributed by atoms with Gasteiger partial charge in [0.25, 0.3) is 0 Å². The fraction of sp³-hybridized carbons (Fsp3) is 0.333. The van der Waals surface area contributed by atoms with Crippen LogP contribution in [0.1, 0.15) is 24.1 Å². The van der Waals surface area contributed by atoms with E-state index in [0.29, 0.717) is 0 Å².